The molecule has 2 saturated heterocycles. The van der Waals surface area contributed by atoms with Crippen molar-refractivity contribution in [2.24, 2.45) is 17.3 Å². The molecule has 6 nitrogen and oxygen atoms in total. The van der Waals surface area contributed by atoms with Crippen LogP contribution in [0, 0.1) is 24.2 Å². The number of carbonyl (C=O) groups excluding carboxylic acids is 1. The number of aryl methyl sites for hydroxylation is 1. The van der Waals surface area contributed by atoms with Crippen LogP contribution in [0.5, 0.6) is 0 Å². The molecule has 0 bridgehead atoms. The molecule has 2 aliphatic heterocycles. The van der Waals surface area contributed by atoms with Crippen LogP contribution in [-0.2, 0) is 16.1 Å². The molecule has 1 aliphatic carbocycles. The van der Waals surface area contributed by atoms with Crippen molar-refractivity contribution in [3.8, 4) is 0 Å². The van der Waals surface area contributed by atoms with Crippen molar-refractivity contribution < 1.29 is 14.1 Å². The number of hydrogen-bond donors (Lipinski definition) is 0. The largest absolute Gasteiger partial charge is 0.384 e. The van der Waals surface area contributed by atoms with E-state index in [1.165, 1.54) is 12.8 Å². The van der Waals surface area contributed by atoms with Crippen LogP contribution in [0.15, 0.2) is 10.6 Å². The number of hydrogen-bond acceptors (Lipinski definition) is 5. The van der Waals surface area contributed by atoms with Crippen LogP contribution in [0.1, 0.15) is 37.1 Å². The average molecular weight is 347 g/mol. The highest BCUT2D eigenvalue weighted by Crippen LogP contribution is 2.46. The molecule has 1 aromatic rings. The molecule has 138 valence electrons. The van der Waals surface area contributed by atoms with Gasteiger partial charge in [-0.1, -0.05) is 5.16 Å². The highest BCUT2D eigenvalue weighted by molar-refractivity contribution is 5.82. The Balaban J connectivity index is 1.41. The topological polar surface area (TPSA) is 58.8 Å². The zero-order valence-corrected chi connectivity index (χ0v) is 15.4. The van der Waals surface area contributed by atoms with E-state index in [-0.39, 0.29) is 11.3 Å². The van der Waals surface area contributed by atoms with E-state index in [9.17, 15) is 4.79 Å². The van der Waals surface area contributed by atoms with Gasteiger partial charge in [0.25, 0.3) is 0 Å². The first kappa shape index (κ1) is 17.0. The zero-order chi connectivity index (χ0) is 17.4. The summed E-state index contributed by atoms with van der Waals surface area (Å²) in [7, 11) is 1.71. The van der Waals surface area contributed by atoms with Gasteiger partial charge in [0, 0.05) is 38.2 Å². The number of aromatic nitrogens is 1. The highest BCUT2D eigenvalue weighted by atomic mass is 16.5. The molecule has 6 heteroatoms. The van der Waals surface area contributed by atoms with Crippen molar-refractivity contribution in [3.63, 3.8) is 0 Å². The third-order valence-electron chi connectivity index (χ3n) is 6.28. The lowest BCUT2D eigenvalue weighted by atomic mass is 9.71. The molecule has 1 aromatic heterocycles. The van der Waals surface area contributed by atoms with Crippen LogP contribution in [0.2, 0.25) is 0 Å². The second-order valence-electron chi connectivity index (χ2n) is 8.24. The van der Waals surface area contributed by atoms with Crippen molar-refractivity contribution in [2.45, 2.75) is 39.2 Å². The van der Waals surface area contributed by atoms with E-state index >= 15 is 0 Å². The van der Waals surface area contributed by atoms with Gasteiger partial charge < -0.3 is 14.2 Å². The number of nitrogens with zero attached hydrogens (tertiary/aromatic N) is 3. The zero-order valence-electron chi connectivity index (χ0n) is 15.4. The first-order valence-corrected chi connectivity index (χ1v) is 9.52. The van der Waals surface area contributed by atoms with Crippen molar-refractivity contribution in [1.29, 1.82) is 0 Å². The Morgan fingerprint density at radius 2 is 2.12 bits per heavy atom. The second kappa shape index (κ2) is 6.72. The molecule has 1 saturated carbocycles. The molecular weight excluding hydrogens is 318 g/mol. The maximum Gasteiger partial charge on any atom is 0.228 e. The molecule has 0 radical (unpaired) electrons. The van der Waals surface area contributed by atoms with E-state index in [2.05, 4.69) is 15.0 Å². The van der Waals surface area contributed by atoms with Gasteiger partial charge in [0.05, 0.1) is 18.2 Å². The minimum atomic E-state index is 0.0349. The summed E-state index contributed by atoms with van der Waals surface area (Å²) < 4.78 is 10.6. The van der Waals surface area contributed by atoms with E-state index < -0.39 is 0 Å². The Bertz CT molecular complexity index is 617. The second-order valence-corrected chi connectivity index (χ2v) is 8.24. The van der Waals surface area contributed by atoms with Gasteiger partial charge in [-0.15, -0.1) is 0 Å². The summed E-state index contributed by atoms with van der Waals surface area (Å²) in [5.41, 5.74) is 1.10. The molecule has 1 atom stereocenters. The van der Waals surface area contributed by atoms with E-state index in [0.717, 1.165) is 62.9 Å². The van der Waals surface area contributed by atoms with Crippen molar-refractivity contribution in [2.75, 3.05) is 39.9 Å². The van der Waals surface area contributed by atoms with Crippen LogP contribution in [0.4, 0.5) is 0 Å². The summed E-state index contributed by atoms with van der Waals surface area (Å²) in [6.45, 7) is 7.23. The Hall–Kier alpha value is -1.40. The summed E-state index contributed by atoms with van der Waals surface area (Å²) in [6.07, 6.45) is 4.70. The predicted octanol–water partition coefficient (Wildman–Crippen LogP) is 2.08. The summed E-state index contributed by atoms with van der Waals surface area (Å²) in [5, 5.41) is 4.11. The molecule has 3 heterocycles. The average Bonchev–Trinajstić information content (AvgIpc) is 3.27. The van der Waals surface area contributed by atoms with E-state index in [0.29, 0.717) is 12.5 Å². The van der Waals surface area contributed by atoms with E-state index in [4.69, 9.17) is 9.26 Å². The van der Waals surface area contributed by atoms with Crippen molar-refractivity contribution in [1.82, 2.24) is 15.0 Å². The molecule has 1 spiro atoms. The lowest BCUT2D eigenvalue weighted by molar-refractivity contribution is -0.133. The fraction of sp³-hybridized carbons (Fsp3) is 0.789. The van der Waals surface area contributed by atoms with Crippen LogP contribution < -0.4 is 0 Å². The smallest absolute Gasteiger partial charge is 0.228 e. The Morgan fingerprint density at radius 3 is 2.72 bits per heavy atom. The number of piperidine rings is 1. The van der Waals surface area contributed by atoms with Crippen LogP contribution >= 0.6 is 0 Å². The first-order valence-electron chi connectivity index (χ1n) is 9.52. The first-order chi connectivity index (χ1) is 12.1. The minimum Gasteiger partial charge on any atom is -0.384 e. The number of amides is 1. The molecule has 25 heavy (non-hydrogen) atoms. The number of carbonyl (C=O) groups is 1. The third-order valence-corrected chi connectivity index (χ3v) is 6.28. The molecular formula is C19H29N3O3. The maximum atomic E-state index is 12.9. The van der Waals surface area contributed by atoms with Gasteiger partial charge in [0.1, 0.15) is 5.76 Å². The molecule has 3 fully saturated rings. The van der Waals surface area contributed by atoms with Gasteiger partial charge in [0.2, 0.25) is 5.91 Å². The van der Waals surface area contributed by atoms with E-state index in [1.54, 1.807) is 7.11 Å². The summed E-state index contributed by atoms with van der Waals surface area (Å²) in [6, 6.07) is 2.01. The van der Waals surface area contributed by atoms with Gasteiger partial charge in [0.15, 0.2) is 0 Å². The Kier molecular flexibility index (Phi) is 4.58. The standard InChI is InChI=1S/C19H29N3O3/c1-14-9-16(20-25-14)11-21-7-5-19(6-8-21)13-22(10-15-3-4-15)18(23)17(19)12-24-2/h9,15,17H,3-8,10-13H2,1-2H3. The van der Waals surface area contributed by atoms with E-state index in [1.807, 2.05) is 13.0 Å². The number of rotatable bonds is 6. The fourth-order valence-electron chi connectivity index (χ4n) is 4.62. The fourth-order valence-corrected chi connectivity index (χ4v) is 4.62. The summed E-state index contributed by atoms with van der Waals surface area (Å²) >= 11 is 0. The van der Waals surface area contributed by atoms with Gasteiger partial charge in [-0.05, 0) is 51.6 Å². The lowest BCUT2D eigenvalue weighted by Crippen LogP contribution is -2.45. The van der Waals surface area contributed by atoms with Crippen LogP contribution in [-0.4, -0.2) is 60.8 Å². The van der Waals surface area contributed by atoms with Crippen LogP contribution in [0.3, 0.4) is 0 Å². The molecule has 1 amide bonds. The normalized spacial score (nSPS) is 26.7. The van der Waals surface area contributed by atoms with Crippen LogP contribution in [0.25, 0.3) is 0 Å². The quantitative estimate of drug-likeness (QED) is 0.788. The Morgan fingerprint density at radius 1 is 1.36 bits per heavy atom. The SMILES string of the molecule is COCC1C(=O)N(CC2CC2)CC12CCN(Cc1cc(C)on1)CC2. The van der Waals surface area contributed by atoms with Gasteiger partial charge in [-0.25, -0.2) is 0 Å². The van der Waals surface area contributed by atoms with Crippen molar-refractivity contribution in [3.05, 3.63) is 17.5 Å². The number of ether oxygens (including phenoxy) is 1. The van der Waals surface area contributed by atoms with Gasteiger partial charge >= 0.3 is 0 Å². The summed E-state index contributed by atoms with van der Waals surface area (Å²) in [5.74, 6) is 1.97. The number of methoxy groups -OCH3 is 1. The maximum absolute atomic E-state index is 12.9. The van der Waals surface area contributed by atoms with Gasteiger partial charge in [-0.3, -0.25) is 9.69 Å². The molecule has 1 unspecified atom stereocenters. The van der Waals surface area contributed by atoms with Gasteiger partial charge in [-0.2, -0.15) is 0 Å². The molecule has 0 aromatic carbocycles. The minimum absolute atomic E-state index is 0.0349. The Labute approximate surface area is 149 Å². The molecule has 4 rings (SSSR count). The van der Waals surface area contributed by atoms with Crippen molar-refractivity contribution >= 4 is 5.91 Å². The molecule has 3 aliphatic rings. The predicted molar refractivity (Wildman–Crippen MR) is 92.9 cm³/mol. The third kappa shape index (κ3) is 3.47. The monoisotopic (exact) mass is 347 g/mol. The summed E-state index contributed by atoms with van der Waals surface area (Å²) in [4.78, 5) is 17.5. The highest BCUT2D eigenvalue weighted by Gasteiger charge is 2.53. The lowest BCUT2D eigenvalue weighted by Gasteiger charge is -2.41. The number of likely N-dealkylation sites (tertiary alicyclic amines) is 2. The molecule has 0 N–H and O–H groups in total.